The molecule has 0 radical (unpaired) electrons. The van der Waals surface area contributed by atoms with Gasteiger partial charge in [0, 0.05) is 24.3 Å². The number of benzene rings is 3. The maximum Gasteiger partial charge on any atom is 0.338 e. The predicted octanol–water partition coefficient (Wildman–Crippen LogP) is 4.98. The van der Waals surface area contributed by atoms with Crippen LogP contribution in [0.15, 0.2) is 78.9 Å². The predicted molar refractivity (Wildman–Crippen MR) is 153 cm³/mol. The standard InChI is InChI=1S/C31H31N3O4S/c1-2-38-29(36)24-14-12-22(13-15-24)23-16-18-32(19-17-23)21-33-27-11-7-6-10-26(27)31(30(33)37)34(28(35)20-39-31)25-8-4-3-5-9-25/h3-15,23H,2,16-21H2,1H3. The summed E-state index contributed by atoms with van der Waals surface area (Å²) >= 11 is 1.42. The van der Waals surface area contributed by atoms with E-state index in [-0.39, 0.29) is 23.5 Å². The molecule has 7 nitrogen and oxygen atoms in total. The monoisotopic (exact) mass is 541 g/mol. The van der Waals surface area contributed by atoms with Crippen molar-refractivity contribution in [1.29, 1.82) is 0 Å². The van der Waals surface area contributed by atoms with Crippen molar-refractivity contribution in [2.24, 2.45) is 0 Å². The zero-order chi connectivity index (χ0) is 27.0. The minimum Gasteiger partial charge on any atom is -0.462 e. The fourth-order valence-electron chi connectivity index (χ4n) is 5.99. The Labute approximate surface area is 232 Å². The van der Waals surface area contributed by atoms with Crippen molar-refractivity contribution in [2.45, 2.75) is 30.6 Å². The Morgan fingerprint density at radius 2 is 1.64 bits per heavy atom. The smallest absolute Gasteiger partial charge is 0.338 e. The first-order valence-corrected chi connectivity index (χ1v) is 14.4. The van der Waals surface area contributed by atoms with Crippen LogP contribution in [0.4, 0.5) is 11.4 Å². The number of esters is 1. The SMILES string of the molecule is CCOC(=O)c1ccc(C2CCN(CN3C(=O)C4(SCC(=O)N4c4ccccc4)c4ccccc43)CC2)cc1. The van der Waals surface area contributed by atoms with Crippen LogP contribution in [0.2, 0.25) is 0 Å². The number of fused-ring (bicyclic) bond motifs is 2. The first-order chi connectivity index (χ1) is 19.0. The quantitative estimate of drug-likeness (QED) is 0.410. The van der Waals surface area contributed by atoms with Crippen LogP contribution in [0.3, 0.4) is 0 Å². The summed E-state index contributed by atoms with van der Waals surface area (Å²) < 4.78 is 5.10. The summed E-state index contributed by atoms with van der Waals surface area (Å²) in [5.74, 6) is 0.275. The van der Waals surface area contributed by atoms with Gasteiger partial charge in [0.25, 0.3) is 5.91 Å². The van der Waals surface area contributed by atoms with Gasteiger partial charge in [0.1, 0.15) is 0 Å². The molecule has 3 aromatic carbocycles. The third-order valence-corrected chi connectivity index (χ3v) is 9.29. The Bertz CT molecular complexity index is 1390. The van der Waals surface area contributed by atoms with Gasteiger partial charge in [-0.3, -0.25) is 24.3 Å². The third-order valence-electron chi connectivity index (χ3n) is 7.90. The van der Waals surface area contributed by atoms with Gasteiger partial charge in [-0.25, -0.2) is 4.79 Å². The van der Waals surface area contributed by atoms with Gasteiger partial charge < -0.3 is 4.74 Å². The van der Waals surface area contributed by atoms with Gasteiger partial charge in [0.05, 0.1) is 30.3 Å². The molecule has 3 heterocycles. The van der Waals surface area contributed by atoms with Crippen LogP contribution in [0, 0.1) is 0 Å². The van der Waals surface area contributed by atoms with E-state index in [2.05, 4.69) is 4.90 Å². The molecule has 0 aliphatic carbocycles. The number of para-hydroxylation sites is 2. The van der Waals surface area contributed by atoms with Gasteiger partial charge in [-0.05, 0) is 61.6 Å². The summed E-state index contributed by atoms with van der Waals surface area (Å²) in [4.78, 5) is 44.2. The Morgan fingerprint density at radius 3 is 2.36 bits per heavy atom. The molecule has 6 rings (SSSR count). The van der Waals surface area contributed by atoms with Gasteiger partial charge in [0.15, 0.2) is 0 Å². The molecule has 1 atom stereocenters. The molecule has 8 heteroatoms. The molecule has 2 saturated heterocycles. The van der Waals surface area contributed by atoms with E-state index in [0.29, 0.717) is 24.8 Å². The van der Waals surface area contributed by atoms with Crippen LogP contribution >= 0.6 is 11.8 Å². The Hall–Kier alpha value is -3.62. The van der Waals surface area contributed by atoms with Crippen molar-refractivity contribution in [3.63, 3.8) is 0 Å². The number of hydrogen-bond acceptors (Lipinski definition) is 6. The van der Waals surface area contributed by atoms with E-state index in [1.807, 2.05) is 83.8 Å². The minimum absolute atomic E-state index is 0.0500. The molecule has 1 unspecified atom stereocenters. The summed E-state index contributed by atoms with van der Waals surface area (Å²) in [6.45, 7) is 4.38. The molecule has 3 aliphatic rings. The number of piperidine rings is 1. The molecule has 3 aliphatic heterocycles. The first-order valence-electron chi connectivity index (χ1n) is 13.5. The van der Waals surface area contributed by atoms with E-state index in [1.54, 1.807) is 11.8 Å². The number of ether oxygens (including phenoxy) is 1. The lowest BCUT2D eigenvalue weighted by molar-refractivity contribution is -0.124. The molecule has 1 spiro atoms. The molecule has 39 heavy (non-hydrogen) atoms. The molecular weight excluding hydrogens is 510 g/mol. The van der Waals surface area contributed by atoms with Crippen molar-refractivity contribution in [1.82, 2.24) is 4.90 Å². The normalized spacial score (nSPS) is 21.6. The van der Waals surface area contributed by atoms with Gasteiger partial charge >= 0.3 is 5.97 Å². The van der Waals surface area contributed by atoms with Crippen molar-refractivity contribution >= 4 is 40.9 Å². The first kappa shape index (κ1) is 25.6. The number of carbonyl (C=O) groups excluding carboxylic acids is 3. The molecule has 0 bridgehead atoms. The average Bonchev–Trinajstić information content (AvgIpc) is 3.44. The number of likely N-dealkylation sites (tertiary alicyclic amines) is 1. The summed E-state index contributed by atoms with van der Waals surface area (Å²) in [5, 5.41) is 0. The van der Waals surface area contributed by atoms with E-state index >= 15 is 0 Å². The number of amides is 2. The van der Waals surface area contributed by atoms with E-state index in [9.17, 15) is 14.4 Å². The lowest BCUT2D eigenvalue weighted by atomic mass is 9.89. The Balaban J connectivity index is 1.19. The van der Waals surface area contributed by atoms with Crippen molar-refractivity contribution in [2.75, 3.05) is 41.9 Å². The van der Waals surface area contributed by atoms with Crippen molar-refractivity contribution in [3.8, 4) is 0 Å². The Kier molecular flexibility index (Phi) is 6.91. The number of carbonyl (C=O) groups is 3. The highest BCUT2D eigenvalue weighted by atomic mass is 32.2. The van der Waals surface area contributed by atoms with Gasteiger partial charge in [-0.2, -0.15) is 0 Å². The van der Waals surface area contributed by atoms with Crippen LogP contribution < -0.4 is 9.80 Å². The second-order valence-corrected chi connectivity index (χ2v) is 11.3. The summed E-state index contributed by atoms with van der Waals surface area (Å²) in [7, 11) is 0. The molecule has 200 valence electrons. The van der Waals surface area contributed by atoms with Crippen molar-refractivity contribution in [3.05, 3.63) is 95.6 Å². The number of nitrogens with zero attached hydrogens (tertiary/aromatic N) is 3. The molecule has 3 aromatic rings. The van der Waals surface area contributed by atoms with Crippen LogP contribution in [0.25, 0.3) is 0 Å². The Morgan fingerprint density at radius 1 is 0.949 bits per heavy atom. The highest BCUT2D eigenvalue weighted by molar-refractivity contribution is 8.02. The molecule has 0 saturated carbocycles. The van der Waals surface area contributed by atoms with E-state index < -0.39 is 4.87 Å². The van der Waals surface area contributed by atoms with Crippen LogP contribution in [-0.4, -0.2) is 54.8 Å². The highest BCUT2D eigenvalue weighted by Gasteiger charge is 2.61. The zero-order valence-electron chi connectivity index (χ0n) is 21.9. The number of hydrogen-bond donors (Lipinski definition) is 0. The fraction of sp³-hybridized carbons (Fsp3) is 0.323. The van der Waals surface area contributed by atoms with E-state index in [0.717, 1.165) is 42.9 Å². The fourth-order valence-corrected chi connectivity index (χ4v) is 7.35. The lowest BCUT2D eigenvalue weighted by Crippen LogP contribution is -2.52. The number of rotatable bonds is 6. The van der Waals surface area contributed by atoms with E-state index in [1.165, 1.54) is 17.3 Å². The van der Waals surface area contributed by atoms with Gasteiger partial charge in [-0.1, -0.05) is 48.5 Å². The molecule has 0 aromatic heterocycles. The van der Waals surface area contributed by atoms with Crippen molar-refractivity contribution < 1.29 is 19.1 Å². The van der Waals surface area contributed by atoms with Crippen LogP contribution in [0.5, 0.6) is 0 Å². The topological polar surface area (TPSA) is 70.2 Å². The third kappa shape index (κ3) is 4.41. The zero-order valence-corrected chi connectivity index (χ0v) is 22.7. The minimum atomic E-state index is -1.08. The molecule has 2 fully saturated rings. The lowest BCUT2D eigenvalue weighted by Gasteiger charge is -2.36. The largest absolute Gasteiger partial charge is 0.462 e. The summed E-state index contributed by atoms with van der Waals surface area (Å²) in [6, 6.07) is 25.1. The van der Waals surface area contributed by atoms with Gasteiger partial charge in [0.2, 0.25) is 10.8 Å². The van der Waals surface area contributed by atoms with Gasteiger partial charge in [-0.15, -0.1) is 11.8 Å². The highest BCUT2D eigenvalue weighted by Crippen LogP contribution is 2.55. The van der Waals surface area contributed by atoms with Crippen LogP contribution in [0.1, 0.15) is 47.2 Å². The number of anilines is 2. The second kappa shape index (κ2) is 10.5. The number of thioether (sulfide) groups is 1. The second-order valence-electron chi connectivity index (χ2n) is 10.1. The van der Waals surface area contributed by atoms with Crippen LogP contribution in [-0.2, 0) is 19.2 Å². The molecule has 2 amide bonds. The average molecular weight is 542 g/mol. The van der Waals surface area contributed by atoms with E-state index in [4.69, 9.17) is 4.74 Å². The summed E-state index contributed by atoms with van der Waals surface area (Å²) in [6.07, 6.45) is 1.94. The molecular formula is C31H31N3O4S. The molecule has 0 N–H and O–H groups in total. The maximum absolute atomic E-state index is 14.3. The maximum atomic E-state index is 14.3. The summed E-state index contributed by atoms with van der Waals surface area (Å²) in [5.41, 5.74) is 4.30.